The van der Waals surface area contributed by atoms with Crippen molar-refractivity contribution in [2.24, 2.45) is 34.6 Å². The van der Waals surface area contributed by atoms with E-state index in [-0.39, 0.29) is 119 Å². The number of aromatic hydroxyl groups is 2. The van der Waals surface area contributed by atoms with Crippen LogP contribution in [0.3, 0.4) is 0 Å². The SMILES string of the molecule is CCCNC(=O)C(CCC(N)=O)NC(=O)C(CCCCN)NC(=O)C(CCCNC(=N)N)NC(=O)C(Cc1ccc(O)cc1)NC(=O)C(CCCNC(=N)N)NC(=O)C(CO)NC(=O)C(Cc1ccc(O)cc1)NC(=O)C(CO)NC(=O)C(CC(=O)O)NC(=O)C(NC(=O)C(Cc1ccccc1)NC(=O)C(NC(=O)CNC(=O)C(CC(=O)O)NC(=O)C(CO)NC(=O)C(N)Cc1c[nH]cn1)C(C)CC)C(C)O. The molecule has 0 aliphatic carbocycles. The van der Waals surface area contributed by atoms with Crippen molar-refractivity contribution >= 4 is 124 Å². The number of aliphatic carboxylic acids is 2. The van der Waals surface area contributed by atoms with Crippen LogP contribution in [0.4, 0.5) is 0 Å². The van der Waals surface area contributed by atoms with Gasteiger partial charge in [-0.3, -0.25) is 102 Å². The Morgan fingerprint density at radius 3 is 1.15 bits per heavy atom. The lowest BCUT2D eigenvalue weighted by atomic mass is 9.97. The van der Waals surface area contributed by atoms with Gasteiger partial charge in [-0.1, -0.05) is 81.8 Å². The highest BCUT2D eigenvalue weighted by atomic mass is 16.4. The van der Waals surface area contributed by atoms with E-state index in [2.05, 4.69) is 106 Å². The largest absolute Gasteiger partial charge is 0.508 e. The number of aliphatic hydroxyl groups is 4. The molecule has 17 unspecified atom stereocenters. The second kappa shape index (κ2) is 62.6. The molecule has 0 aliphatic heterocycles. The molecule has 0 saturated heterocycles. The van der Waals surface area contributed by atoms with E-state index in [0.717, 1.165) is 6.92 Å². The summed E-state index contributed by atoms with van der Waals surface area (Å²) in [4.78, 5) is 269. The first-order valence-corrected chi connectivity index (χ1v) is 45.6. The monoisotopic (exact) mass is 2000 g/mol. The van der Waals surface area contributed by atoms with Crippen LogP contribution in [-0.2, 0) is 117 Å². The molecule has 0 radical (unpaired) electrons. The Morgan fingerprint density at radius 2 is 0.754 bits per heavy atom. The molecular formula is C88H133N27O27. The van der Waals surface area contributed by atoms with Crippen LogP contribution < -0.4 is 124 Å². The third kappa shape index (κ3) is 43.8. The number of aromatic amines is 1. The topological polar surface area (TPSA) is 909 Å². The molecule has 39 N–H and O–H groups in total. The quantitative estimate of drug-likeness (QED) is 0.0111. The van der Waals surface area contributed by atoms with Gasteiger partial charge < -0.3 is 170 Å². The predicted octanol–water partition coefficient (Wildman–Crippen LogP) is -10.9. The molecule has 3 aromatic carbocycles. The fourth-order valence-corrected chi connectivity index (χ4v) is 13.7. The first kappa shape index (κ1) is 119. The Labute approximate surface area is 815 Å². The highest BCUT2D eigenvalue weighted by molar-refractivity contribution is 6.02. The number of nitrogens with two attached hydrogens (primary N) is 5. The van der Waals surface area contributed by atoms with Crippen molar-refractivity contribution in [3.05, 3.63) is 114 Å². The lowest BCUT2D eigenvalue weighted by molar-refractivity contribution is -0.142. The van der Waals surface area contributed by atoms with Gasteiger partial charge in [-0.15, -0.1) is 0 Å². The Morgan fingerprint density at radius 1 is 0.394 bits per heavy atom. The van der Waals surface area contributed by atoms with Crippen LogP contribution in [-0.4, -0.2) is 324 Å². The van der Waals surface area contributed by atoms with Crippen molar-refractivity contribution in [3.63, 3.8) is 0 Å². The third-order valence-electron chi connectivity index (χ3n) is 21.7. The van der Waals surface area contributed by atoms with E-state index in [9.17, 15) is 132 Å². The summed E-state index contributed by atoms with van der Waals surface area (Å²) in [6, 6.07) is -8.65. The number of imidazole rings is 1. The van der Waals surface area contributed by atoms with Gasteiger partial charge in [0.1, 0.15) is 96.1 Å². The van der Waals surface area contributed by atoms with Crippen LogP contribution in [0, 0.1) is 16.7 Å². The highest BCUT2D eigenvalue weighted by Gasteiger charge is 2.41. The molecule has 0 fully saturated rings. The Bertz CT molecular complexity index is 4890. The fraction of sp³-hybridized carbons (Fsp3) is 0.523. The zero-order chi connectivity index (χ0) is 106. The number of benzene rings is 3. The van der Waals surface area contributed by atoms with Crippen molar-refractivity contribution < 1.29 is 132 Å². The number of carbonyl (C=O) groups is 19. The number of hydrogen-bond acceptors (Lipinski definition) is 30. The van der Waals surface area contributed by atoms with E-state index in [1.165, 1.54) is 80.1 Å². The number of aromatic nitrogens is 2. The second-order valence-corrected chi connectivity index (χ2v) is 33.2. The van der Waals surface area contributed by atoms with E-state index in [1.807, 2.05) is 0 Å². The first-order valence-electron chi connectivity index (χ1n) is 45.6. The van der Waals surface area contributed by atoms with Gasteiger partial charge in [0, 0.05) is 57.9 Å². The zero-order valence-corrected chi connectivity index (χ0v) is 78.8. The summed E-state index contributed by atoms with van der Waals surface area (Å²) < 4.78 is 0. The summed E-state index contributed by atoms with van der Waals surface area (Å²) in [6.45, 7) is 1.44. The Hall–Kier alpha value is -15.3. The number of primary amides is 1. The summed E-state index contributed by atoms with van der Waals surface area (Å²) in [5.41, 5.74) is 29.4. The van der Waals surface area contributed by atoms with Crippen LogP contribution in [0.1, 0.15) is 134 Å². The number of unbranched alkanes of at least 4 members (excludes halogenated alkanes) is 1. The van der Waals surface area contributed by atoms with Gasteiger partial charge in [0.25, 0.3) is 0 Å². The number of hydrogen-bond donors (Lipinski definition) is 34. The highest BCUT2D eigenvalue weighted by Crippen LogP contribution is 2.18. The van der Waals surface area contributed by atoms with Crippen LogP contribution in [0.5, 0.6) is 11.5 Å². The molecule has 54 nitrogen and oxygen atoms in total. The molecular weight excluding hydrogens is 1870 g/mol. The molecule has 142 heavy (non-hydrogen) atoms. The minimum Gasteiger partial charge on any atom is -0.508 e. The van der Waals surface area contributed by atoms with Gasteiger partial charge in [0.05, 0.1) is 63.4 Å². The maximum atomic E-state index is 14.9. The van der Waals surface area contributed by atoms with E-state index < -0.39 is 279 Å². The van der Waals surface area contributed by atoms with Crippen molar-refractivity contribution in [3.8, 4) is 11.5 Å². The minimum absolute atomic E-state index is 0.00906. The number of phenols is 2. The maximum absolute atomic E-state index is 14.9. The number of amides is 17. The van der Waals surface area contributed by atoms with Gasteiger partial charge in [0.15, 0.2) is 11.9 Å². The van der Waals surface area contributed by atoms with E-state index >= 15 is 0 Å². The molecule has 782 valence electrons. The van der Waals surface area contributed by atoms with Crippen molar-refractivity contribution in [2.75, 3.05) is 52.5 Å². The number of aliphatic hydroxyl groups excluding tert-OH is 4. The van der Waals surface area contributed by atoms with Gasteiger partial charge in [-0.2, -0.15) is 0 Å². The average Bonchev–Trinajstić information content (AvgIpc) is 1.06. The molecule has 4 rings (SSSR count). The number of nitrogens with zero attached hydrogens (tertiary/aromatic N) is 1. The summed E-state index contributed by atoms with van der Waals surface area (Å²) in [6.07, 6.45) is -3.08. The summed E-state index contributed by atoms with van der Waals surface area (Å²) in [7, 11) is 0. The summed E-state index contributed by atoms with van der Waals surface area (Å²) >= 11 is 0. The van der Waals surface area contributed by atoms with E-state index in [0.29, 0.717) is 24.1 Å². The van der Waals surface area contributed by atoms with Crippen molar-refractivity contribution in [2.45, 2.75) is 234 Å². The second-order valence-electron chi connectivity index (χ2n) is 33.2. The average molecular weight is 2000 g/mol. The third-order valence-corrected chi connectivity index (χ3v) is 21.7. The molecule has 0 saturated carbocycles. The van der Waals surface area contributed by atoms with Crippen LogP contribution in [0.25, 0.3) is 0 Å². The van der Waals surface area contributed by atoms with Gasteiger partial charge in [0.2, 0.25) is 100 Å². The number of phenolic OH excluding ortho intramolecular Hbond substituents is 2. The number of H-pyrrole nitrogens is 1. The first-order chi connectivity index (χ1) is 67.3. The molecule has 54 heteroatoms. The smallest absolute Gasteiger partial charge is 0.305 e. The number of guanidine groups is 2. The van der Waals surface area contributed by atoms with E-state index in [4.69, 9.17) is 39.5 Å². The number of rotatable bonds is 66. The molecule has 0 spiro atoms. The molecule has 0 bridgehead atoms. The van der Waals surface area contributed by atoms with Crippen LogP contribution >= 0.6 is 0 Å². The number of nitrogens with one attached hydrogen (secondary N) is 21. The lowest BCUT2D eigenvalue weighted by Crippen LogP contribution is -2.63. The minimum atomic E-state index is -2.27. The Balaban J connectivity index is 1.62. The molecule has 1 heterocycles. The molecule has 4 aromatic rings. The lowest BCUT2D eigenvalue weighted by Gasteiger charge is -2.29. The molecule has 0 aliphatic rings. The molecule has 1 aromatic heterocycles. The van der Waals surface area contributed by atoms with Crippen LogP contribution in [0.2, 0.25) is 0 Å². The Kier molecular flexibility index (Phi) is 52.5. The van der Waals surface area contributed by atoms with Crippen LogP contribution in [0.15, 0.2) is 91.4 Å². The summed E-state index contributed by atoms with van der Waals surface area (Å²) in [5, 5.41) is 141. The number of carbonyl (C=O) groups excluding carboxylic acids is 17. The zero-order valence-electron chi connectivity index (χ0n) is 78.8. The van der Waals surface area contributed by atoms with Gasteiger partial charge >= 0.3 is 11.9 Å². The number of carboxylic acid groups (broad SMARTS) is 2. The standard InChI is InChI=1S/C88H133N27O27/c1-5-30-97-73(129)57(27-28-66(91)122)105-75(131)54(16-10-11-29-89)102-76(132)55(17-12-31-98-87(92)93)103-78(134)58(34-48-19-23-51(120)24-20-48)106-77(133)56(18-13-32-99-88(94)95)104-82(138)64(42-117)112-79(135)59(35-49-21-25-52(121)26-22-49)107-84(140)65(43-118)113-80(136)62(38-69(126)127)110-86(142)71(46(4)119)115-81(137)60(33-47-14-8-7-9-15-47)109-85(141)70(45(3)6-2)114-67(123)40-100-74(130)61(37-68(124)125)108-83(139)63(41-116)111-72(128)53(90)36-50-39-96-44-101-50/h7-9,14-15,19-26,39,44-46,53-65,70-71,116-121H,5-6,10-13,16-18,27-38,40-43,89-90H2,1-4H3,(H2,91,122)(H,96,101)(H,97,129)(H,100,130)(H,102,132)(H,103,134)(H,104,138)(H,105,131)(H,106,133)(H,107,140)(H,108,139)(H,109,141)(H,110,142)(H,111,128)(H,112,135)(H,113,136)(H,114,123)(H,115,137)(H,124,125)(H,126,127)(H4,92,93,98)(H4,94,95,99). The normalized spacial score (nSPS) is 14.6. The number of carboxylic acids is 2. The van der Waals surface area contributed by atoms with Gasteiger partial charge in [-0.05, 0) is 118 Å². The van der Waals surface area contributed by atoms with Gasteiger partial charge in [-0.25, -0.2) is 4.98 Å². The van der Waals surface area contributed by atoms with Crippen molar-refractivity contribution in [1.82, 2.24) is 106 Å². The fourth-order valence-electron chi connectivity index (χ4n) is 13.7. The maximum Gasteiger partial charge on any atom is 0.305 e. The summed E-state index contributed by atoms with van der Waals surface area (Å²) in [5.74, 6) is -25.0. The van der Waals surface area contributed by atoms with Crippen molar-refractivity contribution in [1.29, 1.82) is 10.8 Å². The molecule has 17 atom stereocenters. The molecule has 17 amide bonds. The van der Waals surface area contributed by atoms with E-state index in [1.54, 1.807) is 32.0 Å². The predicted molar refractivity (Wildman–Crippen MR) is 504 cm³/mol.